The Labute approximate surface area is 129 Å². The van der Waals surface area contributed by atoms with Crippen molar-refractivity contribution in [2.24, 2.45) is 0 Å². The summed E-state index contributed by atoms with van der Waals surface area (Å²) in [6.45, 7) is 1.46. The average molecular weight is 288 g/mol. The number of nitrogens with one attached hydrogen (secondary N) is 1. The molecule has 0 saturated heterocycles. The summed E-state index contributed by atoms with van der Waals surface area (Å²) in [6, 6.07) is 19.7. The molecule has 0 saturated carbocycles. The molecule has 0 unspecified atom stereocenters. The van der Waals surface area contributed by atoms with E-state index in [0.29, 0.717) is 6.54 Å². The Kier molecular flexibility index (Phi) is 3.04. The Morgan fingerprint density at radius 1 is 0.955 bits per heavy atom. The fraction of sp³-hybridized carbons (Fsp3) is 0.105. The first-order valence-corrected chi connectivity index (χ1v) is 7.42. The van der Waals surface area contributed by atoms with Crippen LogP contribution in [0.5, 0.6) is 0 Å². The van der Waals surface area contributed by atoms with Crippen LogP contribution in [0.1, 0.15) is 27.2 Å². The highest BCUT2D eigenvalue weighted by molar-refractivity contribution is 6.09. The number of carbonyl (C=O) groups is 1. The van der Waals surface area contributed by atoms with Crippen LogP contribution in [0.15, 0.2) is 66.9 Å². The summed E-state index contributed by atoms with van der Waals surface area (Å²) < 4.78 is 2.16. The summed E-state index contributed by atoms with van der Waals surface area (Å²) in [5, 5.41) is 3.44. The summed E-state index contributed by atoms with van der Waals surface area (Å²) in [5.41, 5.74) is 4.95. The van der Waals surface area contributed by atoms with E-state index in [1.807, 2.05) is 54.7 Å². The van der Waals surface area contributed by atoms with E-state index in [-0.39, 0.29) is 5.78 Å². The molecule has 2 aromatic carbocycles. The minimum atomic E-state index is 0.0853. The minimum absolute atomic E-state index is 0.0853. The normalized spacial score (nSPS) is 12.7. The highest BCUT2D eigenvalue weighted by Gasteiger charge is 2.20. The van der Waals surface area contributed by atoms with Gasteiger partial charge in [0.05, 0.1) is 6.54 Å². The van der Waals surface area contributed by atoms with Gasteiger partial charge in [-0.3, -0.25) is 4.79 Å². The fourth-order valence-corrected chi connectivity index (χ4v) is 3.00. The van der Waals surface area contributed by atoms with Crippen molar-refractivity contribution in [2.45, 2.75) is 13.1 Å². The summed E-state index contributed by atoms with van der Waals surface area (Å²) in [5.74, 6) is 0.0853. The van der Waals surface area contributed by atoms with Gasteiger partial charge in [-0.2, -0.15) is 0 Å². The first-order chi connectivity index (χ1) is 10.8. The second-order valence-corrected chi connectivity index (χ2v) is 5.51. The molecule has 0 bridgehead atoms. The van der Waals surface area contributed by atoms with Gasteiger partial charge in [0.1, 0.15) is 0 Å². The molecule has 3 aromatic rings. The maximum absolute atomic E-state index is 12.7. The second kappa shape index (κ2) is 5.19. The van der Waals surface area contributed by atoms with Gasteiger partial charge < -0.3 is 9.88 Å². The van der Waals surface area contributed by atoms with E-state index < -0.39 is 0 Å². The molecule has 3 nitrogen and oxygen atoms in total. The van der Waals surface area contributed by atoms with Gasteiger partial charge in [-0.15, -0.1) is 0 Å². The standard InChI is InChI=1S/C19H16N2O/c22-19(14-6-2-1-3-7-14)16-10-11-21-13-15-8-4-5-9-17(15)20-12-18(16)21/h1-11,20H,12-13H2. The van der Waals surface area contributed by atoms with Crippen LogP contribution in [-0.2, 0) is 13.1 Å². The van der Waals surface area contributed by atoms with E-state index in [9.17, 15) is 4.79 Å². The lowest BCUT2D eigenvalue weighted by molar-refractivity contribution is 0.103. The molecule has 1 N–H and O–H groups in total. The maximum atomic E-state index is 12.7. The summed E-state index contributed by atoms with van der Waals surface area (Å²) in [7, 11) is 0. The van der Waals surface area contributed by atoms with Crippen LogP contribution in [0.4, 0.5) is 5.69 Å². The van der Waals surface area contributed by atoms with Crippen molar-refractivity contribution in [1.29, 1.82) is 0 Å². The van der Waals surface area contributed by atoms with Gasteiger partial charge in [-0.1, -0.05) is 48.5 Å². The number of hydrogen-bond donors (Lipinski definition) is 1. The molecule has 0 fully saturated rings. The lowest BCUT2D eigenvalue weighted by atomic mass is 10.0. The van der Waals surface area contributed by atoms with Crippen molar-refractivity contribution in [1.82, 2.24) is 4.57 Å². The quantitative estimate of drug-likeness (QED) is 0.730. The third kappa shape index (κ3) is 2.11. The van der Waals surface area contributed by atoms with Crippen LogP contribution in [-0.4, -0.2) is 10.4 Å². The van der Waals surface area contributed by atoms with Crippen LogP contribution >= 0.6 is 0 Å². The van der Waals surface area contributed by atoms with E-state index in [2.05, 4.69) is 22.0 Å². The monoisotopic (exact) mass is 288 g/mol. The number of nitrogens with zero attached hydrogens (tertiary/aromatic N) is 1. The zero-order valence-corrected chi connectivity index (χ0v) is 12.1. The number of benzene rings is 2. The molecule has 0 aliphatic carbocycles. The lowest BCUT2D eigenvalue weighted by Gasteiger charge is -2.07. The van der Waals surface area contributed by atoms with Gasteiger partial charge in [-0.05, 0) is 17.7 Å². The van der Waals surface area contributed by atoms with Gasteiger partial charge in [-0.25, -0.2) is 0 Å². The number of anilines is 1. The first kappa shape index (κ1) is 12.9. The number of aromatic nitrogens is 1. The maximum Gasteiger partial charge on any atom is 0.194 e. The number of carbonyl (C=O) groups excluding carboxylic acids is 1. The molecule has 0 spiro atoms. The first-order valence-electron chi connectivity index (χ1n) is 7.42. The Morgan fingerprint density at radius 3 is 2.59 bits per heavy atom. The van der Waals surface area contributed by atoms with Crippen LogP contribution in [0.25, 0.3) is 0 Å². The molecule has 1 aliphatic rings. The Bertz CT molecular complexity index is 834. The molecule has 0 radical (unpaired) electrons. The van der Waals surface area contributed by atoms with E-state index in [4.69, 9.17) is 0 Å². The van der Waals surface area contributed by atoms with E-state index in [0.717, 1.165) is 29.1 Å². The third-order valence-corrected chi connectivity index (χ3v) is 4.16. The van der Waals surface area contributed by atoms with Gasteiger partial charge in [0.25, 0.3) is 0 Å². The van der Waals surface area contributed by atoms with Crippen LogP contribution < -0.4 is 5.32 Å². The number of ketones is 1. The van der Waals surface area contributed by atoms with Crippen LogP contribution in [0, 0.1) is 0 Å². The molecule has 22 heavy (non-hydrogen) atoms. The fourth-order valence-electron chi connectivity index (χ4n) is 3.00. The van der Waals surface area contributed by atoms with E-state index in [1.54, 1.807) is 0 Å². The van der Waals surface area contributed by atoms with Crippen molar-refractivity contribution in [3.05, 3.63) is 89.2 Å². The highest BCUT2D eigenvalue weighted by Crippen LogP contribution is 2.25. The number of fused-ring (bicyclic) bond motifs is 2. The van der Waals surface area contributed by atoms with Gasteiger partial charge in [0.2, 0.25) is 0 Å². The third-order valence-electron chi connectivity index (χ3n) is 4.16. The molecule has 0 atom stereocenters. The van der Waals surface area contributed by atoms with Gasteiger partial charge in [0, 0.05) is 35.2 Å². The molecule has 1 aliphatic heterocycles. The van der Waals surface area contributed by atoms with Gasteiger partial charge in [0.15, 0.2) is 5.78 Å². The molecular formula is C19H16N2O. The predicted molar refractivity (Wildman–Crippen MR) is 87.2 cm³/mol. The topological polar surface area (TPSA) is 34.0 Å². The van der Waals surface area contributed by atoms with Crippen molar-refractivity contribution in [3.63, 3.8) is 0 Å². The predicted octanol–water partition coefficient (Wildman–Crippen LogP) is 3.69. The van der Waals surface area contributed by atoms with Crippen LogP contribution in [0.2, 0.25) is 0 Å². The molecule has 2 heterocycles. The van der Waals surface area contributed by atoms with Crippen LogP contribution in [0.3, 0.4) is 0 Å². The molecular weight excluding hydrogens is 272 g/mol. The number of hydrogen-bond acceptors (Lipinski definition) is 2. The second-order valence-electron chi connectivity index (χ2n) is 5.51. The Balaban J connectivity index is 1.73. The van der Waals surface area contributed by atoms with Crippen molar-refractivity contribution in [3.8, 4) is 0 Å². The SMILES string of the molecule is O=C(c1ccccc1)c1ccn2c1CNc1ccccc1C2. The smallest absolute Gasteiger partial charge is 0.194 e. The minimum Gasteiger partial charge on any atom is -0.379 e. The molecule has 0 amide bonds. The lowest BCUT2D eigenvalue weighted by Crippen LogP contribution is -2.09. The average Bonchev–Trinajstić information content (AvgIpc) is 2.87. The van der Waals surface area contributed by atoms with Crippen molar-refractivity contribution >= 4 is 11.5 Å². The molecule has 3 heteroatoms. The Morgan fingerprint density at radius 2 is 1.73 bits per heavy atom. The Hall–Kier alpha value is -2.81. The molecule has 4 rings (SSSR count). The zero-order valence-electron chi connectivity index (χ0n) is 12.1. The summed E-state index contributed by atoms with van der Waals surface area (Å²) in [6.07, 6.45) is 2.01. The summed E-state index contributed by atoms with van der Waals surface area (Å²) >= 11 is 0. The number of para-hydroxylation sites is 1. The van der Waals surface area contributed by atoms with E-state index in [1.165, 1.54) is 5.56 Å². The van der Waals surface area contributed by atoms with E-state index >= 15 is 0 Å². The summed E-state index contributed by atoms with van der Waals surface area (Å²) in [4.78, 5) is 12.7. The van der Waals surface area contributed by atoms with Crippen molar-refractivity contribution in [2.75, 3.05) is 5.32 Å². The largest absolute Gasteiger partial charge is 0.379 e. The molecule has 1 aromatic heterocycles. The number of rotatable bonds is 2. The van der Waals surface area contributed by atoms with Crippen molar-refractivity contribution < 1.29 is 4.79 Å². The zero-order chi connectivity index (χ0) is 14.9. The highest BCUT2D eigenvalue weighted by atomic mass is 16.1. The molecule has 108 valence electrons. The van der Waals surface area contributed by atoms with Gasteiger partial charge >= 0.3 is 0 Å².